The minimum absolute atomic E-state index is 0.112. The Hall–Kier alpha value is -3.30. The van der Waals surface area contributed by atoms with Crippen molar-refractivity contribution in [2.45, 2.75) is 38.3 Å². The number of carbonyl (C=O) groups is 3. The summed E-state index contributed by atoms with van der Waals surface area (Å²) in [6.07, 6.45) is -7.34. The number of benzene rings is 2. The van der Waals surface area contributed by atoms with E-state index in [0.717, 1.165) is 36.4 Å². The van der Waals surface area contributed by atoms with Crippen LogP contribution in [-0.2, 0) is 33.9 Å². The Morgan fingerprint density at radius 2 is 2.06 bits per heavy atom. The average molecular weight is 479 g/mol. The number of amides is 3. The molecular formula is C25H26FN3O5. The third-order valence-corrected chi connectivity index (χ3v) is 5.18. The number of morpholine rings is 1. The van der Waals surface area contributed by atoms with Gasteiger partial charge in [0.15, 0.2) is 0 Å². The van der Waals surface area contributed by atoms with E-state index in [1.807, 2.05) is 0 Å². The van der Waals surface area contributed by atoms with Crippen molar-refractivity contribution in [2.75, 3.05) is 26.3 Å². The Balaban J connectivity index is 1.52. The Kier molecular flexibility index (Phi) is 3.63. The highest BCUT2D eigenvalue weighted by Gasteiger charge is 2.40. The number of imide groups is 1. The van der Waals surface area contributed by atoms with Gasteiger partial charge in [-0.25, -0.2) is 4.39 Å². The average Bonchev–Trinajstić information content (AvgIpc) is 3.17. The maximum absolute atomic E-state index is 15.4. The quantitative estimate of drug-likeness (QED) is 0.639. The molecule has 9 heteroatoms. The van der Waals surface area contributed by atoms with Crippen LogP contribution in [0.5, 0.6) is 5.75 Å². The topological polar surface area (TPSA) is 88.2 Å². The lowest BCUT2D eigenvalue weighted by molar-refractivity contribution is -0.136. The molecule has 5 rings (SSSR count). The smallest absolute Gasteiger partial charge is 0.255 e. The van der Waals surface area contributed by atoms with E-state index in [9.17, 15) is 14.4 Å². The van der Waals surface area contributed by atoms with Crippen molar-refractivity contribution < 1.29 is 43.3 Å². The number of ether oxygens (including phenoxy) is 2. The van der Waals surface area contributed by atoms with E-state index >= 15 is 4.39 Å². The molecule has 2 saturated heterocycles. The monoisotopic (exact) mass is 478 g/mol. The van der Waals surface area contributed by atoms with E-state index in [1.54, 1.807) is 0 Å². The molecule has 0 bridgehead atoms. The Morgan fingerprint density at radius 3 is 2.85 bits per heavy atom. The molecule has 0 radical (unpaired) electrons. The molecule has 2 aromatic rings. The summed E-state index contributed by atoms with van der Waals surface area (Å²) in [6.45, 7) is -7.50. The van der Waals surface area contributed by atoms with Gasteiger partial charge in [0.25, 0.3) is 5.91 Å². The molecule has 0 saturated carbocycles. The largest absolute Gasteiger partial charge is 0.488 e. The molecule has 0 aromatic heterocycles. The van der Waals surface area contributed by atoms with E-state index in [0.29, 0.717) is 0 Å². The summed E-state index contributed by atoms with van der Waals surface area (Å²) in [4.78, 5) is 39.7. The Morgan fingerprint density at radius 1 is 1.24 bits per heavy atom. The van der Waals surface area contributed by atoms with Gasteiger partial charge < -0.3 is 14.4 Å². The summed E-state index contributed by atoms with van der Waals surface area (Å²) in [5.74, 6) is -6.89. The highest BCUT2D eigenvalue weighted by molar-refractivity contribution is 6.05. The van der Waals surface area contributed by atoms with Crippen molar-refractivity contribution in [2.24, 2.45) is 0 Å². The van der Waals surface area contributed by atoms with Gasteiger partial charge in [-0.1, -0.05) is 18.2 Å². The first kappa shape index (κ1) is 13.0. The van der Waals surface area contributed by atoms with Crippen LogP contribution in [0.2, 0.25) is 0 Å². The molecule has 3 heterocycles. The second-order valence-electron chi connectivity index (χ2n) is 7.42. The number of nitrogens with zero attached hydrogens (tertiary/aromatic N) is 2. The summed E-state index contributed by atoms with van der Waals surface area (Å²) in [6, 6.07) is 2.42. The molecule has 3 amide bonds. The van der Waals surface area contributed by atoms with Crippen molar-refractivity contribution in [1.82, 2.24) is 15.1 Å². The molecule has 3 aliphatic heterocycles. The van der Waals surface area contributed by atoms with E-state index in [4.69, 9.17) is 24.6 Å². The molecule has 3 aliphatic rings. The van der Waals surface area contributed by atoms with E-state index in [-0.39, 0.29) is 36.8 Å². The van der Waals surface area contributed by atoms with Crippen LogP contribution >= 0.6 is 0 Å². The van der Waals surface area contributed by atoms with Gasteiger partial charge >= 0.3 is 0 Å². The van der Waals surface area contributed by atoms with Crippen LogP contribution in [0.1, 0.15) is 54.9 Å². The first-order valence-corrected chi connectivity index (χ1v) is 10.3. The standard InChI is InChI=1S/C25H26FN3O5/c26-20-12-16(13-28-8-10-33-11-9-28)4-5-17(20)15-34-22-3-1-2-18-19(22)14-29(25(18)32)21-6-7-23(30)27-24(21)31/h1-5,12,21H,6-11,13-15H2,(H,27,30,31)/t21-/m0/s1/i6D2,7D2,13D2,14D2,15D2,21D. The van der Waals surface area contributed by atoms with Gasteiger partial charge in [0.1, 0.15) is 24.1 Å². The normalized spacial score (nSPS) is 33.1. The Labute approximate surface area is 212 Å². The summed E-state index contributed by atoms with van der Waals surface area (Å²) in [7, 11) is 0. The van der Waals surface area contributed by atoms with Crippen molar-refractivity contribution in [3.8, 4) is 5.75 Å². The SMILES string of the molecule is [2H]C([2H])(Oc1cccc2c1C([2H])([2H])N([C@]1([2H])C(=O)NC(=O)C([2H])([2H])C1([2H])[2H])C2=O)c1ccc(C([2H])([2H])N2CCOCC2)cc1F. The van der Waals surface area contributed by atoms with E-state index in [2.05, 4.69) is 0 Å². The van der Waals surface area contributed by atoms with Crippen LogP contribution in [0, 0.1) is 5.82 Å². The third-order valence-electron chi connectivity index (χ3n) is 5.18. The lowest BCUT2D eigenvalue weighted by Gasteiger charge is -2.29. The second kappa shape index (κ2) is 9.52. The highest BCUT2D eigenvalue weighted by Crippen LogP contribution is 2.34. The van der Waals surface area contributed by atoms with Crippen LogP contribution < -0.4 is 10.1 Å². The maximum Gasteiger partial charge on any atom is 0.255 e. The molecule has 1 N–H and O–H groups in total. The van der Waals surface area contributed by atoms with E-state index < -0.39 is 84.3 Å². The lowest BCUT2D eigenvalue weighted by atomic mass is 10.0. The summed E-state index contributed by atoms with van der Waals surface area (Å²) >= 11 is 0. The number of halogens is 1. The molecule has 2 fully saturated rings. The number of carbonyl (C=O) groups excluding carboxylic acids is 3. The van der Waals surface area contributed by atoms with E-state index in [1.165, 1.54) is 10.2 Å². The van der Waals surface area contributed by atoms with Gasteiger partial charge in [-0.2, -0.15) is 0 Å². The lowest BCUT2D eigenvalue weighted by Crippen LogP contribution is -2.52. The van der Waals surface area contributed by atoms with Crippen molar-refractivity contribution >= 4 is 17.7 Å². The van der Waals surface area contributed by atoms with Gasteiger partial charge in [-0.05, 0) is 30.1 Å². The number of nitrogens with one attached hydrogen (secondary N) is 1. The predicted molar refractivity (Wildman–Crippen MR) is 119 cm³/mol. The third kappa shape index (κ3) is 4.53. The van der Waals surface area contributed by atoms with Gasteiger partial charge in [0.05, 0.1) is 26.6 Å². The zero-order chi connectivity index (χ0) is 33.5. The summed E-state index contributed by atoms with van der Waals surface area (Å²) < 4.78 is 118. The van der Waals surface area contributed by atoms with Crippen LogP contribution in [0.15, 0.2) is 36.4 Å². The summed E-state index contributed by atoms with van der Waals surface area (Å²) in [5.41, 5.74) is -2.17. The molecule has 0 aliphatic carbocycles. The minimum Gasteiger partial charge on any atom is -0.488 e. The fraction of sp³-hybridized carbons (Fsp3) is 0.400. The molecule has 34 heavy (non-hydrogen) atoms. The maximum atomic E-state index is 15.4. The summed E-state index contributed by atoms with van der Waals surface area (Å²) in [5, 5.41) is 1.48. The second-order valence-corrected chi connectivity index (χ2v) is 7.42. The van der Waals surface area contributed by atoms with Crippen molar-refractivity contribution in [1.29, 1.82) is 0 Å². The van der Waals surface area contributed by atoms with Crippen molar-refractivity contribution in [3.05, 3.63) is 64.5 Å². The first-order valence-electron chi connectivity index (χ1n) is 15.8. The van der Waals surface area contributed by atoms with Gasteiger partial charge in [-0.15, -0.1) is 0 Å². The molecule has 178 valence electrons. The van der Waals surface area contributed by atoms with Crippen LogP contribution in [0.4, 0.5) is 4.39 Å². The Bertz CT molecular complexity index is 1600. The van der Waals surface area contributed by atoms with Crippen molar-refractivity contribution in [3.63, 3.8) is 0 Å². The minimum atomic E-state index is -3.78. The molecular weight excluding hydrogens is 441 g/mol. The van der Waals surface area contributed by atoms with Crippen LogP contribution in [-0.4, -0.2) is 59.8 Å². The highest BCUT2D eigenvalue weighted by atomic mass is 19.1. The zero-order valence-corrected chi connectivity index (χ0v) is 17.6. The molecule has 2 aromatic carbocycles. The predicted octanol–water partition coefficient (Wildman–Crippen LogP) is 2.00. The fourth-order valence-corrected chi connectivity index (χ4v) is 3.51. The number of hydrogen-bond donors (Lipinski definition) is 1. The fourth-order valence-electron chi connectivity index (χ4n) is 3.51. The molecule has 0 unspecified atom stereocenters. The number of hydrogen-bond acceptors (Lipinski definition) is 6. The van der Waals surface area contributed by atoms with Gasteiger partial charge in [-0.3, -0.25) is 24.6 Å². The number of rotatable bonds is 6. The van der Waals surface area contributed by atoms with Gasteiger partial charge in [0, 0.05) is 50.9 Å². The molecule has 0 spiro atoms. The van der Waals surface area contributed by atoms with Gasteiger partial charge in [0.2, 0.25) is 11.8 Å². The first-order chi connectivity index (χ1) is 20.6. The number of fused-ring (bicyclic) bond motifs is 1. The van der Waals surface area contributed by atoms with Crippen LogP contribution in [0.25, 0.3) is 0 Å². The number of piperidine rings is 1. The van der Waals surface area contributed by atoms with Crippen LogP contribution in [0.3, 0.4) is 0 Å². The molecule has 8 nitrogen and oxygen atoms in total. The zero-order valence-electron chi connectivity index (χ0n) is 28.6. The molecule has 1 atom stereocenters.